The number of allylic oxidation sites excluding steroid dienone is 7. The van der Waals surface area contributed by atoms with Crippen molar-refractivity contribution in [1.82, 2.24) is 5.32 Å². The SMILES string of the molecule is CC/C=C\C/C=C\CCCCCCCCCCCCCCCCC(=O)NC(CO)C(O)/C=C/CC/C=C/CCCCCCCCCCCCCCC. The van der Waals surface area contributed by atoms with Crippen LogP contribution in [0.4, 0.5) is 0 Å². The van der Waals surface area contributed by atoms with E-state index >= 15 is 0 Å². The maximum Gasteiger partial charge on any atom is 0.220 e. The Morgan fingerprint density at radius 2 is 0.865 bits per heavy atom. The Balaban J connectivity index is 3.58. The van der Waals surface area contributed by atoms with Crippen LogP contribution in [0.5, 0.6) is 0 Å². The molecule has 0 saturated heterocycles. The van der Waals surface area contributed by atoms with Gasteiger partial charge < -0.3 is 15.5 Å². The summed E-state index contributed by atoms with van der Waals surface area (Å²) in [5, 5.41) is 23.0. The first-order valence-corrected chi connectivity index (χ1v) is 22.9. The van der Waals surface area contributed by atoms with E-state index in [4.69, 9.17) is 0 Å². The zero-order valence-corrected chi connectivity index (χ0v) is 34.8. The first-order valence-electron chi connectivity index (χ1n) is 22.9. The largest absolute Gasteiger partial charge is 0.394 e. The molecule has 0 saturated carbocycles. The Bertz CT molecular complexity index is 831. The smallest absolute Gasteiger partial charge is 0.220 e. The van der Waals surface area contributed by atoms with Crippen molar-refractivity contribution in [3.8, 4) is 0 Å². The first kappa shape index (κ1) is 50.4. The molecule has 0 fully saturated rings. The number of nitrogens with one attached hydrogen (secondary N) is 1. The number of hydrogen-bond donors (Lipinski definition) is 3. The van der Waals surface area contributed by atoms with Crippen LogP contribution in [0.1, 0.15) is 232 Å². The van der Waals surface area contributed by atoms with Crippen LogP contribution in [-0.4, -0.2) is 34.9 Å². The van der Waals surface area contributed by atoms with Crippen molar-refractivity contribution in [3.63, 3.8) is 0 Å². The molecule has 0 rings (SSSR count). The van der Waals surface area contributed by atoms with Gasteiger partial charge in [0.2, 0.25) is 5.91 Å². The molecule has 0 bridgehead atoms. The van der Waals surface area contributed by atoms with Crippen molar-refractivity contribution in [2.75, 3.05) is 6.61 Å². The summed E-state index contributed by atoms with van der Waals surface area (Å²) in [4.78, 5) is 12.4. The van der Waals surface area contributed by atoms with E-state index < -0.39 is 12.1 Å². The van der Waals surface area contributed by atoms with Gasteiger partial charge in [-0.15, -0.1) is 0 Å². The molecule has 1 amide bonds. The van der Waals surface area contributed by atoms with E-state index in [9.17, 15) is 15.0 Å². The van der Waals surface area contributed by atoms with Gasteiger partial charge in [-0.2, -0.15) is 0 Å². The monoisotopic (exact) mass is 728 g/mol. The lowest BCUT2D eigenvalue weighted by atomic mass is 10.0. The number of hydrogen-bond acceptors (Lipinski definition) is 3. The lowest BCUT2D eigenvalue weighted by Crippen LogP contribution is -2.45. The molecule has 0 aliphatic carbocycles. The predicted molar refractivity (Wildman–Crippen MR) is 230 cm³/mol. The first-order chi connectivity index (χ1) is 25.7. The van der Waals surface area contributed by atoms with E-state index in [1.165, 1.54) is 167 Å². The zero-order valence-electron chi connectivity index (χ0n) is 34.8. The second-order valence-corrected chi connectivity index (χ2v) is 15.4. The van der Waals surface area contributed by atoms with Gasteiger partial charge in [-0.05, 0) is 57.8 Å². The Hall–Kier alpha value is -1.65. The van der Waals surface area contributed by atoms with Gasteiger partial charge in [-0.25, -0.2) is 0 Å². The van der Waals surface area contributed by atoms with Gasteiger partial charge in [0, 0.05) is 6.42 Å². The zero-order chi connectivity index (χ0) is 37.8. The minimum absolute atomic E-state index is 0.0742. The highest BCUT2D eigenvalue weighted by molar-refractivity contribution is 5.76. The quantitative estimate of drug-likeness (QED) is 0.0434. The van der Waals surface area contributed by atoms with Crippen LogP contribution in [0.3, 0.4) is 0 Å². The molecule has 52 heavy (non-hydrogen) atoms. The molecule has 0 aliphatic heterocycles. The molecular weight excluding hydrogens is 639 g/mol. The maximum atomic E-state index is 12.4. The number of unbranched alkanes of at least 4 members (excludes halogenated alkanes) is 28. The van der Waals surface area contributed by atoms with E-state index in [0.29, 0.717) is 6.42 Å². The van der Waals surface area contributed by atoms with Gasteiger partial charge in [0.25, 0.3) is 0 Å². The summed E-state index contributed by atoms with van der Waals surface area (Å²) in [5.41, 5.74) is 0. The molecule has 0 aromatic rings. The van der Waals surface area contributed by atoms with E-state index in [2.05, 4.69) is 55.6 Å². The fraction of sp³-hybridized carbons (Fsp3) is 0.812. The molecule has 0 aromatic carbocycles. The average molecular weight is 728 g/mol. The van der Waals surface area contributed by atoms with Crippen molar-refractivity contribution in [2.45, 2.75) is 244 Å². The highest BCUT2D eigenvalue weighted by atomic mass is 16.3. The normalized spacial score (nSPS) is 13.4. The van der Waals surface area contributed by atoms with Crippen LogP contribution in [0.15, 0.2) is 48.6 Å². The molecule has 0 aromatic heterocycles. The molecule has 0 aliphatic rings. The van der Waals surface area contributed by atoms with Crippen LogP contribution >= 0.6 is 0 Å². The molecule has 0 radical (unpaired) electrons. The second kappa shape index (κ2) is 43.8. The van der Waals surface area contributed by atoms with E-state index in [-0.39, 0.29) is 12.5 Å². The summed E-state index contributed by atoms with van der Waals surface area (Å²) in [7, 11) is 0. The Morgan fingerprint density at radius 3 is 1.33 bits per heavy atom. The minimum atomic E-state index is -0.862. The van der Waals surface area contributed by atoms with Crippen molar-refractivity contribution < 1.29 is 15.0 Å². The summed E-state index contributed by atoms with van der Waals surface area (Å²) in [6.07, 6.45) is 59.4. The van der Waals surface area contributed by atoms with E-state index in [1.54, 1.807) is 6.08 Å². The highest BCUT2D eigenvalue weighted by Crippen LogP contribution is 2.15. The van der Waals surface area contributed by atoms with Crippen LogP contribution in [-0.2, 0) is 4.79 Å². The fourth-order valence-electron chi connectivity index (χ4n) is 6.82. The summed E-state index contributed by atoms with van der Waals surface area (Å²) >= 11 is 0. The Morgan fingerprint density at radius 1 is 0.481 bits per heavy atom. The third-order valence-corrected chi connectivity index (χ3v) is 10.3. The number of rotatable bonds is 41. The van der Waals surface area contributed by atoms with Gasteiger partial charge in [0.1, 0.15) is 0 Å². The standard InChI is InChI=1S/C48H89NO3/c1-3-5-7-9-11-13-15-17-19-21-23-24-26-28-30-32-34-36-38-40-42-44-48(52)49-46(45-50)47(51)43-41-39-37-35-33-31-29-27-25-22-20-18-16-14-12-10-8-6-4-2/h5,7,11,13,33,35,41,43,46-47,50-51H,3-4,6,8-10,12,14-32,34,36-40,42,44-45H2,1-2H3,(H,49,52)/b7-5-,13-11-,35-33+,43-41+. The summed E-state index contributed by atoms with van der Waals surface area (Å²) in [6.45, 7) is 4.20. The lowest BCUT2D eigenvalue weighted by molar-refractivity contribution is -0.123. The summed E-state index contributed by atoms with van der Waals surface area (Å²) in [5.74, 6) is -0.0742. The highest BCUT2D eigenvalue weighted by Gasteiger charge is 2.17. The van der Waals surface area contributed by atoms with E-state index in [0.717, 1.165) is 44.9 Å². The van der Waals surface area contributed by atoms with Crippen molar-refractivity contribution in [2.24, 2.45) is 0 Å². The van der Waals surface area contributed by atoms with Crippen molar-refractivity contribution in [3.05, 3.63) is 48.6 Å². The third-order valence-electron chi connectivity index (χ3n) is 10.3. The van der Waals surface area contributed by atoms with Gasteiger partial charge in [-0.3, -0.25) is 4.79 Å². The topological polar surface area (TPSA) is 69.6 Å². The summed E-state index contributed by atoms with van der Waals surface area (Å²) < 4.78 is 0. The molecule has 0 spiro atoms. The molecule has 0 heterocycles. The van der Waals surface area contributed by atoms with Gasteiger partial charge in [-0.1, -0.05) is 217 Å². The number of amides is 1. The third kappa shape index (κ3) is 39.6. The van der Waals surface area contributed by atoms with E-state index in [1.807, 2.05) is 6.08 Å². The van der Waals surface area contributed by atoms with Crippen LogP contribution in [0.2, 0.25) is 0 Å². The molecule has 304 valence electrons. The van der Waals surface area contributed by atoms with Gasteiger partial charge >= 0.3 is 0 Å². The van der Waals surface area contributed by atoms with Gasteiger partial charge in [0.15, 0.2) is 0 Å². The molecule has 4 nitrogen and oxygen atoms in total. The number of carbonyl (C=O) groups excluding carboxylic acids is 1. The molecular formula is C48H89NO3. The molecule has 3 N–H and O–H groups in total. The minimum Gasteiger partial charge on any atom is -0.394 e. The average Bonchev–Trinajstić information content (AvgIpc) is 3.15. The van der Waals surface area contributed by atoms with Crippen LogP contribution < -0.4 is 5.32 Å². The molecule has 2 unspecified atom stereocenters. The van der Waals surface area contributed by atoms with Crippen molar-refractivity contribution in [1.29, 1.82) is 0 Å². The lowest BCUT2D eigenvalue weighted by Gasteiger charge is -2.19. The fourth-order valence-corrected chi connectivity index (χ4v) is 6.82. The number of aliphatic hydroxyl groups is 2. The van der Waals surface area contributed by atoms with Gasteiger partial charge in [0.05, 0.1) is 18.8 Å². The Labute approximate surface area is 324 Å². The van der Waals surface area contributed by atoms with Crippen LogP contribution in [0.25, 0.3) is 0 Å². The van der Waals surface area contributed by atoms with Crippen molar-refractivity contribution >= 4 is 5.91 Å². The number of carbonyl (C=O) groups is 1. The summed E-state index contributed by atoms with van der Waals surface area (Å²) in [6, 6.07) is -0.639. The maximum absolute atomic E-state index is 12.4. The predicted octanol–water partition coefficient (Wildman–Crippen LogP) is 14.4. The molecule has 2 atom stereocenters. The van der Waals surface area contributed by atoms with Crippen LogP contribution in [0, 0.1) is 0 Å². The Kier molecular flexibility index (Phi) is 42.4. The molecule has 4 heteroatoms. The number of aliphatic hydroxyl groups excluding tert-OH is 2. The second-order valence-electron chi connectivity index (χ2n) is 15.4.